The van der Waals surface area contributed by atoms with Crippen molar-refractivity contribution >= 4 is 23.0 Å². The number of nitrogens with one attached hydrogen (secondary N) is 2. The summed E-state index contributed by atoms with van der Waals surface area (Å²) in [7, 11) is 0. The van der Waals surface area contributed by atoms with E-state index in [1.807, 2.05) is 47.4 Å². The average Bonchev–Trinajstić information content (AvgIpc) is 3.37. The number of aliphatic hydroxyl groups is 1. The van der Waals surface area contributed by atoms with Gasteiger partial charge in [0.2, 0.25) is 0 Å². The molecule has 7 heteroatoms. The maximum atomic E-state index is 12.6. The molecule has 1 aromatic carbocycles. The predicted octanol–water partition coefficient (Wildman–Crippen LogP) is 2.70. The zero-order chi connectivity index (χ0) is 20.9. The highest BCUT2D eigenvalue weighted by Gasteiger charge is 2.22. The van der Waals surface area contributed by atoms with Gasteiger partial charge in [0, 0.05) is 43.0 Å². The first-order valence-electron chi connectivity index (χ1n) is 9.96. The van der Waals surface area contributed by atoms with Crippen molar-refractivity contribution in [2.45, 2.75) is 32.2 Å². The van der Waals surface area contributed by atoms with Gasteiger partial charge in [0.05, 0.1) is 0 Å². The molecule has 3 aromatic rings. The number of rotatable bonds is 6. The Morgan fingerprint density at radius 1 is 1.33 bits per heavy atom. The van der Waals surface area contributed by atoms with Crippen LogP contribution in [-0.2, 0) is 17.9 Å². The number of carbonyl (C=O) groups excluding carboxylic acids is 1. The maximum Gasteiger partial charge on any atom is 0.262 e. The lowest BCUT2D eigenvalue weighted by molar-refractivity contribution is -0.117. The first-order valence-corrected chi connectivity index (χ1v) is 9.96. The summed E-state index contributed by atoms with van der Waals surface area (Å²) in [6, 6.07) is 13.5. The van der Waals surface area contributed by atoms with E-state index in [1.54, 1.807) is 18.5 Å². The van der Waals surface area contributed by atoms with Crippen molar-refractivity contribution in [3.63, 3.8) is 0 Å². The highest BCUT2D eigenvalue weighted by atomic mass is 16.3. The van der Waals surface area contributed by atoms with E-state index in [9.17, 15) is 15.2 Å². The van der Waals surface area contributed by atoms with Gasteiger partial charge in [0.25, 0.3) is 5.91 Å². The Kier molecular flexibility index (Phi) is 5.89. The minimum absolute atomic E-state index is 0.0344. The molecule has 0 radical (unpaired) electrons. The van der Waals surface area contributed by atoms with Crippen LogP contribution in [0.3, 0.4) is 0 Å². The number of hydrogen-bond acceptors (Lipinski definition) is 5. The number of pyridine rings is 1. The lowest BCUT2D eigenvalue weighted by Crippen LogP contribution is -2.29. The molecule has 1 fully saturated rings. The Bertz CT molecular complexity index is 1130. The first-order chi connectivity index (χ1) is 14.7. The van der Waals surface area contributed by atoms with E-state index in [0.29, 0.717) is 18.7 Å². The van der Waals surface area contributed by atoms with Crippen LogP contribution in [0.5, 0.6) is 0 Å². The highest BCUT2D eigenvalue weighted by Crippen LogP contribution is 2.21. The summed E-state index contributed by atoms with van der Waals surface area (Å²) in [6.45, 7) is 1.81. The molecular weight excluding hydrogens is 378 g/mol. The molecule has 0 spiro atoms. The van der Waals surface area contributed by atoms with Crippen LogP contribution in [0.2, 0.25) is 0 Å². The van der Waals surface area contributed by atoms with Crippen LogP contribution in [0.15, 0.2) is 54.4 Å². The SMILES string of the molecule is N#C/C(=C\c1c[nH]c2ncccc12)C(=O)NCc1ccccc1CN1CCCC1O. The van der Waals surface area contributed by atoms with Crippen LogP contribution in [0, 0.1) is 11.3 Å². The number of nitriles is 1. The molecule has 3 N–H and O–H groups in total. The van der Waals surface area contributed by atoms with Crippen LogP contribution in [-0.4, -0.2) is 38.7 Å². The van der Waals surface area contributed by atoms with Crippen LogP contribution < -0.4 is 5.32 Å². The van der Waals surface area contributed by atoms with Crippen molar-refractivity contribution < 1.29 is 9.90 Å². The molecule has 2 aromatic heterocycles. The molecule has 1 atom stereocenters. The number of aliphatic hydroxyl groups excluding tert-OH is 1. The van der Waals surface area contributed by atoms with E-state index >= 15 is 0 Å². The molecule has 4 rings (SSSR count). The Morgan fingerprint density at radius 2 is 2.17 bits per heavy atom. The average molecular weight is 401 g/mol. The molecule has 1 aliphatic heterocycles. The van der Waals surface area contributed by atoms with E-state index in [0.717, 1.165) is 41.5 Å². The van der Waals surface area contributed by atoms with Crippen LogP contribution >= 0.6 is 0 Å². The third kappa shape index (κ3) is 4.25. The number of likely N-dealkylation sites (tertiary alicyclic amines) is 1. The molecule has 1 aliphatic rings. The third-order valence-electron chi connectivity index (χ3n) is 5.41. The van der Waals surface area contributed by atoms with E-state index < -0.39 is 12.1 Å². The van der Waals surface area contributed by atoms with Gasteiger partial charge in [-0.05, 0) is 42.2 Å². The summed E-state index contributed by atoms with van der Waals surface area (Å²) in [5, 5.41) is 23.3. The molecule has 0 saturated carbocycles. The number of carbonyl (C=O) groups is 1. The Labute approximate surface area is 174 Å². The second kappa shape index (κ2) is 8.91. The molecule has 7 nitrogen and oxygen atoms in total. The fourth-order valence-corrected chi connectivity index (χ4v) is 3.77. The number of amides is 1. The fourth-order valence-electron chi connectivity index (χ4n) is 3.77. The van der Waals surface area contributed by atoms with Crippen molar-refractivity contribution in [2.75, 3.05) is 6.54 Å². The number of aromatic nitrogens is 2. The molecule has 0 bridgehead atoms. The van der Waals surface area contributed by atoms with Gasteiger partial charge in [-0.1, -0.05) is 24.3 Å². The Morgan fingerprint density at radius 3 is 2.93 bits per heavy atom. The van der Waals surface area contributed by atoms with Gasteiger partial charge in [-0.2, -0.15) is 5.26 Å². The second-order valence-electron chi connectivity index (χ2n) is 7.36. The van der Waals surface area contributed by atoms with Gasteiger partial charge in [0.1, 0.15) is 23.5 Å². The van der Waals surface area contributed by atoms with E-state index in [-0.39, 0.29) is 5.57 Å². The summed E-state index contributed by atoms with van der Waals surface area (Å²) in [6.07, 6.45) is 6.36. The smallest absolute Gasteiger partial charge is 0.262 e. The monoisotopic (exact) mass is 401 g/mol. The number of H-pyrrole nitrogens is 1. The zero-order valence-electron chi connectivity index (χ0n) is 16.5. The summed E-state index contributed by atoms with van der Waals surface area (Å²) in [5.74, 6) is -0.424. The molecule has 0 aliphatic carbocycles. The van der Waals surface area contributed by atoms with Gasteiger partial charge in [-0.3, -0.25) is 9.69 Å². The maximum absolute atomic E-state index is 12.6. The minimum Gasteiger partial charge on any atom is -0.378 e. The van der Waals surface area contributed by atoms with Gasteiger partial charge in [-0.25, -0.2) is 4.98 Å². The van der Waals surface area contributed by atoms with Crippen LogP contribution in [0.1, 0.15) is 29.5 Å². The molecule has 1 saturated heterocycles. The predicted molar refractivity (Wildman–Crippen MR) is 114 cm³/mol. The number of nitrogens with zero attached hydrogens (tertiary/aromatic N) is 3. The van der Waals surface area contributed by atoms with Crippen LogP contribution in [0.4, 0.5) is 0 Å². The normalized spacial score (nSPS) is 17.2. The number of hydrogen-bond donors (Lipinski definition) is 3. The zero-order valence-corrected chi connectivity index (χ0v) is 16.5. The lowest BCUT2D eigenvalue weighted by Gasteiger charge is -2.21. The molecule has 152 valence electrons. The quantitative estimate of drug-likeness (QED) is 0.435. The van der Waals surface area contributed by atoms with Gasteiger partial charge in [0.15, 0.2) is 0 Å². The first kappa shape index (κ1) is 19.8. The molecule has 1 amide bonds. The van der Waals surface area contributed by atoms with Gasteiger partial charge < -0.3 is 15.4 Å². The van der Waals surface area contributed by atoms with Crippen molar-refractivity contribution in [1.29, 1.82) is 5.26 Å². The fraction of sp³-hybridized carbons (Fsp3) is 0.261. The standard InChI is InChI=1S/C23H23N5O2/c24-12-18(11-19-14-26-22-20(19)7-3-9-25-22)23(30)27-13-16-5-1-2-6-17(16)15-28-10-4-8-21(28)29/h1-3,5-7,9,11,14,21,29H,4,8,10,13,15H2,(H,25,26)(H,27,30)/b18-11+. The topological polar surface area (TPSA) is 105 Å². The largest absolute Gasteiger partial charge is 0.378 e. The van der Waals surface area contributed by atoms with E-state index in [1.165, 1.54) is 0 Å². The summed E-state index contributed by atoms with van der Waals surface area (Å²) in [4.78, 5) is 21.9. The van der Waals surface area contributed by atoms with E-state index in [2.05, 4.69) is 15.3 Å². The third-order valence-corrected chi connectivity index (χ3v) is 5.41. The van der Waals surface area contributed by atoms with Gasteiger partial charge >= 0.3 is 0 Å². The highest BCUT2D eigenvalue weighted by molar-refractivity contribution is 6.03. The molecule has 3 heterocycles. The number of benzene rings is 1. The Hall–Kier alpha value is -3.47. The molecular formula is C23H23N5O2. The van der Waals surface area contributed by atoms with Gasteiger partial charge in [-0.15, -0.1) is 0 Å². The van der Waals surface area contributed by atoms with Crippen molar-refractivity contribution in [3.05, 3.63) is 71.1 Å². The van der Waals surface area contributed by atoms with Crippen molar-refractivity contribution in [1.82, 2.24) is 20.2 Å². The minimum atomic E-state index is -0.424. The van der Waals surface area contributed by atoms with Crippen LogP contribution in [0.25, 0.3) is 17.1 Å². The molecule has 30 heavy (non-hydrogen) atoms. The van der Waals surface area contributed by atoms with E-state index in [4.69, 9.17) is 0 Å². The summed E-state index contributed by atoms with van der Waals surface area (Å²) < 4.78 is 0. The summed E-state index contributed by atoms with van der Waals surface area (Å²) in [5.41, 5.74) is 3.52. The number of fused-ring (bicyclic) bond motifs is 1. The number of aromatic amines is 1. The Balaban J connectivity index is 1.47. The van der Waals surface area contributed by atoms with Crippen molar-refractivity contribution in [2.24, 2.45) is 0 Å². The van der Waals surface area contributed by atoms with Crippen molar-refractivity contribution in [3.8, 4) is 6.07 Å². The summed E-state index contributed by atoms with van der Waals surface area (Å²) >= 11 is 0. The second-order valence-corrected chi connectivity index (χ2v) is 7.36. The molecule has 1 unspecified atom stereocenters. The lowest BCUT2D eigenvalue weighted by atomic mass is 10.1.